The molecular weight excluding hydrogens is 493 g/mol. The molecule has 1 fully saturated rings. The number of benzene rings is 3. The Kier molecular flexibility index (Phi) is 7.05. The topological polar surface area (TPSA) is 87.7 Å². The maximum atomic E-state index is 13.3. The number of ether oxygens (including phenoxy) is 1. The third kappa shape index (κ3) is 5.27. The van der Waals surface area contributed by atoms with Crippen molar-refractivity contribution in [3.05, 3.63) is 84.4 Å². The minimum absolute atomic E-state index is 0.0986. The van der Waals surface area contributed by atoms with E-state index in [1.807, 2.05) is 55.5 Å². The van der Waals surface area contributed by atoms with Gasteiger partial charge in [-0.3, -0.25) is 4.90 Å². The maximum Gasteiger partial charge on any atom is 0.243 e. The van der Waals surface area contributed by atoms with Crippen LogP contribution in [0.25, 0.3) is 10.9 Å². The van der Waals surface area contributed by atoms with Gasteiger partial charge in [0, 0.05) is 43.3 Å². The summed E-state index contributed by atoms with van der Waals surface area (Å²) in [6, 6.07) is 20.3. The second-order valence-corrected chi connectivity index (χ2v) is 10.8. The molecule has 4 aromatic rings. The summed E-state index contributed by atoms with van der Waals surface area (Å²) in [6.07, 6.45) is 0. The second-order valence-electron chi connectivity index (χ2n) is 8.87. The molecule has 0 amide bonds. The molecule has 1 aliphatic rings. The lowest BCUT2D eigenvalue weighted by Crippen LogP contribution is -2.49. The number of nitrogens with one attached hydrogen (secondary N) is 1. The molecule has 0 aliphatic carbocycles. The number of para-hydroxylation sites is 1. The number of rotatable bonds is 7. The van der Waals surface area contributed by atoms with E-state index in [0.717, 1.165) is 22.3 Å². The summed E-state index contributed by atoms with van der Waals surface area (Å²) in [5.41, 5.74) is 1.67. The van der Waals surface area contributed by atoms with Gasteiger partial charge in [-0.05, 0) is 55.5 Å². The highest BCUT2D eigenvalue weighted by atomic mass is 32.2. The van der Waals surface area contributed by atoms with Crippen LogP contribution >= 0.6 is 0 Å². The molecule has 2 heterocycles. The van der Waals surface area contributed by atoms with Crippen LogP contribution in [0.1, 0.15) is 18.8 Å². The molecule has 1 aromatic heterocycles. The fourth-order valence-corrected chi connectivity index (χ4v) is 5.89. The van der Waals surface area contributed by atoms with Crippen LogP contribution in [-0.2, 0) is 10.0 Å². The van der Waals surface area contributed by atoms with Gasteiger partial charge in [0.05, 0.1) is 23.6 Å². The normalized spacial score (nSPS) is 16.0. The molecule has 0 spiro atoms. The van der Waals surface area contributed by atoms with E-state index in [0.29, 0.717) is 37.8 Å². The zero-order chi connectivity index (χ0) is 26.0. The number of nitrogens with zero attached hydrogens (tertiary/aromatic N) is 4. The van der Waals surface area contributed by atoms with Crippen LogP contribution in [0.15, 0.2) is 77.7 Å². The molecule has 0 bridgehead atoms. The van der Waals surface area contributed by atoms with Gasteiger partial charge in [-0.2, -0.15) is 4.31 Å². The van der Waals surface area contributed by atoms with Crippen molar-refractivity contribution in [2.24, 2.45) is 0 Å². The van der Waals surface area contributed by atoms with Gasteiger partial charge in [0.25, 0.3) is 0 Å². The highest BCUT2D eigenvalue weighted by molar-refractivity contribution is 7.89. The van der Waals surface area contributed by atoms with Crippen LogP contribution in [0, 0.1) is 5.82 Å². The summed E-state index contributed by atoms with van der Waals surface area (Å²) in [4.78, 5) is 12.0. The van der Waals surface area contributed by atoms with E-state index in [9.17, 15) is 12.8 Å². The summed E-state index contributed by atoms with van der Waals surface area (Å²) >= 11 is 0. The van der Waals surface area contributed by atoms with E-state index in [1.165, 1.54) is 28.6 Å². The molecule has 3 aromatic carbocycles. The molecule has 1 aliphatic heterocycles. The van der Waals surface area contributed by atoms with E-state index in [4.69, 9.17) is 14.7 Å². The Morgan fingerprint density at radius 1 is 0.946 bits per heavy atom. The first kappa shape index (κ1) is 25.1. The van der Waals surface area contributed by atoms with Crippen molar-refractivity contribution in [1.82, 2.24) is 19.2 Å². The SMILES string of the molecule is COc1cccc(Nc2nc([C@H](C)N3CCN(S(=O)(=O)c4ccc(F)cc4)CC3)nc3ccccc23)c1. The first-order valence-corrected chi connectivity index (χ1v) is 13.5. The number of methoxy groups -OCH3 is 1. The number of halogens is 1. The number of hydrogen-bond acceptors (Lipinski definition) is 7. The zero-order valence-electron chi connectivity index (χ0n) is 20.6. The Morgan fingerprint density at radius 3 is 2.41 bits per heavy atom. The first-order valence-electron chi connectivity index (χ1n) is 12.0. The number of piperazine rings is 1. The zero-order valence-corrected chi connectivity index (χ0v) is 21.5. The minimum Gasteiger partial charge on any atom is -0.497 e. The Morgan fingerprint density at radius 2 is 1.68 bits per heavy atom. The van der Waals surface area contributed by atoms with Gasteiger partial charge < -0.3 is 10.1 Å². The van der Waals surface area contributed by atoms with Crippen LogP contribution in [-0.4, -0.2) is 60.9 Å². The molecule has 0 saturated carbocycles. The van der Waals surface area contributed by atoms with Gasteiger partial charge in [0.15, 0.2) is 0 Å². The Balaban J connectivity index is 1.36. The Bertz CT molecular complexity index is 1510. The van der Waals surface area contributed by atoms with Crippen LogP contribution in [0.4, 0.5) is 15.9 Å². The molecule has 10 heteroatoms. The van der Waals surface area contributed by atoms with Gasteiger partial charge in [0.1, 0.15) is 23.2 Å². The third-order valence-corrected chi connectivity index (χ3v) is 8.51. The number of aromatic nitrogens is 2. The molecule has 0 unspecified atom stereocenters. The van der Waals surface area contributed by atoms with Crippen molar-refractivity contribution in [1.29, 1.82) is 0 Å². The van der Waals surface area contributed by atoms with Gasteiger partial charge in [-0.15, -0.1) is 0 Å². The summed E-state index contributed by atoms with van der Waals surface area (Å²) < 4.78 is 46.0. The molecule has 8 nitrogen and oxygen atoms in total. The average molecular weight is 522 g/mol. The third-order valence-electron chi connectivity index (χ3n) is 6.60. The maximum absolute atomic E-state index is 13.3. The van der Waals surface area contributed by atoms with Crippen molar-refractivity contribution < 1.29 is 17.5 Å². The predicted octanol–water partition coefficient (Wildman–Crippen LogP) is 4.59. The molecule has 1 atom stereocenters. The Labute approximate surface area is 215 Å². The van der Waals surface area contributed by atoms with Crippen LogP contribution in [0.5, 0.6) is 5.75 Å². The molecular formula is C27H28FN5O3S. The van der Waals surface area contributed by atoms with E-state index in [1.54, 1.807) is 7.11 Å². The monoisotopic (exact) mass is 521 g/mol. The number of anilines is 2. The largest absolute Gasteiger partial charge is 0.497 e. The molecule has 1 saturated heterocycles. The smallest absolute Gasteiger partial charge is 0.243 e. The van der Waals surface area contributed by atoms with Crippen LogP contribution < -0.4 is 10.1 Å². The molecule has 37 heavy (non-hydrogen) atoms. The first-order chi connectivity index (χ1) is 17.8. The standard InChI is InChI=1S/C27H28FN5O3S/c1-19(32-14-16-33(17-15-32)37(34,35)23-12-10-20(28)11-13-23)26-30-25-9-4-3-8-24(25)27(31-26)29-21-6-5-7-22(18-21)36-2/h3-13,18-19H,14-17H2,1-2H3,(H,29,30,31)/t19-/m0/s1. The summed E-state index contributed by atoms with van der Waals surface area (Å²) in [5.74, 6) is 1.62. The van der Waals surface area contributed by atoms with E-state index < -0.39 is 15.8 Å². The Hall–Kier alpha value is -3.60. The molecule has 1 N–H and O–H groups in total. The van der Waals surface area contributed by atoms with Crippen molar-refractivity contribution in [3.63, 3.8) is 0 Å². The summed E-state index contributed by atoms with van der Waals surface area (Å²) in [6.45, 7) is 3.73. The lowest BCUT2D eigenvalue weighted by molar-refractivity contribution is 0.141. The van der Waals surface area contributed by atoms with E-state index in [2.05, 4.69) is 10.2 Å². The predicted molar refractivity (Wildman–Crippen MR) is 141 cm³/mol. The van der Waals surface area contributed by atoms with E-state index >= 15 is 0 Å². The van der Waals surface area contributed by atoms with Crippen LogP contribution in [0.2, 0.25) is 0 Å². The van der Waals surface area contributed by atoms with Crippen molar-refractivity contribution in [2.45, 2.75) is 17.9 Å². The van der Waals surface area contributed by atoms with Gasteiger partial charge >= 0.3 is 0 Å². The minimum atomic E-state index is -3.68. The second kappa shape index (κ2) is 10.4. The van der Waals surface area contributed by atoms with Gasteiger partial charge in [0.2, 0.25) is 10.0 Å². The lowest BCUT2D eigenvalue weighted by Gasteiger charge is -2.36. The summed E-state index contributed by atoms with van der Waals surface area (Å²) in [7, 11) is -2.05. The van der Waals surface area contributed by atoms with Crippen molar-refractivity contribution in [3.8, 4) is 5.75 Å². The summed E-state index contributed by atoms with van der Waals surface area (Å²) in [5, 5.41) is 4.30. The van der Waals surface area contributed by atoms with Crippen LogP contribution in [0.3, 0.4) is 0 Å². The molecule has 5 rings (SSSR count). The quantitative estimate of drug-likeness (QED) is 0.381. The average Bonchev–Trinajstić information content (AvgIpc) is 2.93. The van der Waals surface area contributed by atoms with Gasteiger partial charge in [-0.25, -0.2) is 22.8 Å². The lowest BCUT2D eigenvalue weighted by atomic mass is 10.2. The fraction of sp³-hybridized carbons (Fsp3) is 0.259. The molecule has 192 valence electrons. The number of hydrogen-bond donors (Lipinski definition) is 1. The van der Waals surface area contributed by atoms with Crippen molar-refractivity contribution >= 4 is 32.4 Å². The number of fused-ring (bicyclic) bond motifs is 1. The van der Waals surface area contributed by atoms with Crippen molar-refractivity contribution in [2.75, 3.05) is 38.6 Å². The highest BCUT2D eigenvalue weighted by Crippen LogP contribution is 2.29. The fourth-order valence-electron chi connectivity index (χ4n) is 4.46. The number of sulfonamides is 1. The highest BCUT2D eigenvalue weighted by Gasteiger charge is 2.31. The molecule has 0 radical (unpaired) electrons. The van der Waals surface area contributed by atoms with E-state index in [-0.39, 0.29) is 10.9 Å². The van der Waals surface area contributed by atoms with Gasteiger partial charge in [-0.1, -0.05) is 18.2 Å².